The van der Waals surface area contributed by atoms with E-state index in [0.29, 0.717) is 45.1 Å². The van der Waals surface area contributed by atoms with Gasteiger partial charge in [-0.3, -0.25) is 19.3 Å². The number of nitrogens with zero attached hydrogens (tertiary/aromatic N) is 2. The Morgan fingerprint density at radius 1 is 0.958 bits per heavy atom. The number of carbonyl (C=O) groups is 5. The summed E-state index contributed by atoms with van der Waals surface area (Å²) in [6.07, 6.45) is 2.74. The maximum atomic E-state index is 14.1. The van der Waals surface area contributed by atoms with E-state index in [1.54, 1.807) is 65.8 Å². The van der Waals surface area contributed by atoms with Crippen molar-refractivity contribution in [3.63, 3.8) is 0 Å². The minimum atomic E-state index is -1.28. The Balaban J connectivity index is 1.84. The monoisotopic (exact) mass is 675 g/mol. The minimum Gasteiger partial charge on any atom is -0.468 e. The summed E-state index contributed by atoms with van der Waals surface area (Å²) in [5, 5.41) is 14.1. The number of hydrogen-bond donors (Lipinski definition) is 2. The first kappa shape index (κ1) is 38.7. The zero-order chi connectivity index (χ0) is 35.7. The van der Waals surface area contributed by atoms with Crippen molar-refractivity contribution in [3.05, 3.63) is 35.9 Å². The van der Waals surface area contributed by atoms with Gasteiger partial charge >= 0.3 is 24.0 Å². The van der Waals surface area contributed by atoms with E-state index in [-0.39, 0.29) is 19.5 Å². The molecule has 0 spiro atoms. The Kier molecular flexibility index (Phi) is 13.4. The van der Waals surface area contributed by atoms with Gasteiger partial charge in [0.05, 0.1) is 31.6 Å². The zero-order valence-electron chi connectivity index (χ0n) is 29.4. The van der Waals surface area contributed by atoms with Crippen LogP contribution < -0.4 is 5.32 Å². The molecule has 1 aromatic rings. The molecule has 48 heavy (non-hydrogen) atoms. The van der Waals surface area contributed by atoms with Gasteiger partial charge in [0.2, 0.25) is 5.91 Å². The van der Waals surface area contributed by atoms with Gasteiger partial charge in [-0.15, -0.1) is 5.06 Å². The highest BCUT2D eigenvalue weighted by molar-refractivity contribution is 5.87. The molecule has 13 heteroatoms. The molecule has 0 radical (unpaired) electrons. The van der Waals surface area contributed by atoms with Gasteiger partial charge in [-0.05, 0) is 79.2 Å². The molecule has 2 amide bonds. The van der Waals surface area contributed by atoms with Gasteiger partial charge in [-0.1, -0.05) is 43.2 Å². The third-order valence-electron chi connectivity index (χ3n) is 8.45. The molecule has 1 aromatic carbocycles. The van der Waals surface area contributed by atoms with Crippen molar-refractivity contribution in [2.45, 2.75) is 116 Å². The second-order valence-electron chi connectivity index (χ2n) is 14.7. The fraction of sp³-hybridized carbons (Fsp3) is 0.686. The average Bonchev–Trinajstić information content (AvgIpc) is 3.69. The van der Waals surface area contributed by atoms with Crippen LogP contribution in [0, 0.1) is 11.3 Å². The van der Waals surface area contributed by atoms with Crippen LogP contribution in [0.1, 0.15) is 92.1 Å². The van der Waals surface area contributed by atoms with Gasteiger partial charge in [-0.25, -0.2) is 9.59 Å². The van der Waals surface area contributed by atoms with E-state index < -0.39 is 71.1 Å². The molecule has 3 rings (SSSR count). The summed E-state index contributed by atoms with van der Waals surface area (Å²) in [5.41, 5.74) is -1.96. The van der Waals surface area contributed by atoms with Crippen LogP contribution in [0.15, 0.2) is 30.3 Å². The van der Waals surface area contributed by atoms with Crippen LogP contribution in [0.25, 0.3) is 0 Å². The van der Waals surface area contributed by atoms with Crippen LogP contribution in [0.3, 0.4) is 0 Å². The number of aliphatic hydroxyl groups excluding tert-OH is 1. The second-order valence-corrected chi connectivity index (χ2v) is 14.7. The van der Waals surface area contributed by atoms with Crippen molar-refractivity contribution in [1.29, 1.82) is 0 Å². The number of hydrogen-bond acceptors (Lipinski definition) is 11. The number of esters is 2. The molecule has 0 unspecified atom stereocenters. The number of ether oxygens (including phenoxy) is 3. The minimum absolute atomic E-state index is 0.00404. The topological polar surface area (TPSA) is 161 Å². The highest BCUT2D eigenvalue weighted by atomic mass is 16.7. The predicted octanol–water partition coefficient (Wildman–Crippen LogP) is 3.90. The Bertz CT molecular complexity index is 1270. The number of rotatable bonds is 13. The molecule has 2 fully saturated rings. The maximum Gasteiger partial charge on any atom is 0.410 e. The second kappa shape index (κ2) is 16.6. The standard InChI is InChI=1S/C35H53N3O10/c1-33(2,3)46-29(41)25(21-36-28(40)26-16-13-19-37(26)32(44)47-34(4,5)6)20-35(17-11-12-18-35)31(43)48-38(27(23-39)30(42)45-7)22-24-14-9-8-10-15-24/h8-10,14-15,25-27,39H,11-13,16-23H2,1-7H3,(H,36,40)/t25-,26-,27-/m0/s1. The summed E-state index contributed by atoms with van der Waals surface area (Å²) in [7, 11) is 1.18. The van der Waals surface area contributed by atoms with Crippen molar-refractivity contribution in [2.24, 2.45) is 11.3 Å². The number of methoxy groups -OCH3 is 1. The van der Waals surface area contributed by atoms with Gasteiger partial charge < -0.3 is 29.5 Å². The van der Waals surface area contributed by atoms with Gasteiger partial charge in [0.25, 0.3) is 0 Å². The quantitative estimate of drug-likeness (QED) is 0.177. The van der Waals surface area contributed by atoms with Crippen LogP contribution in [-0.4, -0.2) is 95.1 Å². The van der Waals surface area contributed by atoms with E-state index in [9.17, 15) is 29.1 Å². The summed E-state index contributed by atoms with van der Waals surface area (Å²) < 4.78 is 16.1. The number of hydroxylamine groups is 2. The highest BCUT2D eigenvalue weighted by Crippen LogP contribution is 2.45. The molecular formula is C35H53N3O10. The highest BCUT2D eigenvalue weighted by Gasteiger charge is 2.48. The molecule has 1 heterocycles. The first-order chi connectivity index (χ1) is 22.5. The fourth-order valence-corrected chi connectivity index (χ4v) is 6.15. The van der Waals surface area contributed by atoms with E-state index in [1.165, 1.54) is 12.0 Å². The van der Waals surface area contributed by atoms with Crippen LogP contribution in [0.5, 0.6) is 0 Å². The maximum absolute atomic E-state index is 14.1. The lowest BCUT2D eigenvalue weighted by Crippen LogP contribution is -2.50. The van der Waals surface area contributed by atoms with Gasteiger partial charge in [0.1, 0.15) is 17.2 Å². The van der Waals surface area contributed by atoms with Crippen molar-refractivity contribution < 1.29 is 48.1 Å². The Labute approximate surface area is 283 Å². The van der Waals surface area contributed by atoms with Crippen molar-refractivity contribution in [3.8, 4) is 0 Å². The van der Waals surface area contributed by atoms with Crippen molar-refractivity contribution in [2.75, 3.05) is 26.8 Å². The molecule has 2 aliphatic rings. The van der Waals surface area contributed by atoms with Crippen LogP contribution in [0.2, 0.25) is 0 Å². The molecular weight excluding hydrogens is 622 g/mol. The summed E-state index contributed by atoms with van der Waals surface area (Å²) in [6, 6.07) is 6.99. The van der Waals surface area contributed by atoms with Gasteiger partial charge in [0, 0.05) is 13.1 Å². The van der Waals surface area contributed by atoms with E-state index in [0.717, 1.165) is 10.6 Å². The lowest BCUT2D eigenvalue weighted by molar-refractivity contribution is -0.224. The van der Waals surface area contributed by atoms with E-state index in [4.69, 9.17) is 19.0 Å². The van der Waals surface area contributed by atoms with Crippen molar-refractivity contribution in [1.82, 2.24) is 15.3 Å². The molecule has 1 saturated heterocycles. The molecule has 1 aliphatic heterocycles. The lowest BCUT2D eigenvalue weighted by Gasteiger charge is -2.35. The van der Waals surface area contributed by atoms with Crippen LogP contribution in [0.4, 0.5) is 4.79 Å². The Hall–Kier alpha value is -3.71. The van der Waals surface area contributed by atoms with Crippen molar-refractivity contribution >= 4 is 29.9 Å². The van der Waals surface area contributed by atoms with Crippen LogP contribution >= 0.6 is 0 Å². The number of carbonyl (C=O) groups excluding carboxylic acids is 5. The number of nitrogens with one attached hydrogen (secondary N) is 1. The summed E-state index contributed by atoms with van der Waals surface area (Å²) in [5.74, 6) is -3.35. The summed E-state index contributed by atoms with van der Waals surface area (Å²) in [4.78, 5) is 73.9. The molecule has 0 bridgehead atoms. The SMILES string of the molecule is COC(=O)[C@H](CO)N(Cc1ccccc1)OC(=O)C1(C[C@@H](CNC(=O)[C@@H]2CCCN2C(=O)OC(C)(C)C)C(=O)OC(C)(C)C)CCCC1. The number of amides is 2. The predicted molar refractivity (Wildman–Crippen MR) is 175 cm³/mol. The first-order valence-corrected chi connectivity index (χ1v) is 16.7. The fourth-order valence-electron chi connectivity index (χ4n) is 6.15. The molecule has 0 aromatic heterocycles. The normalized spacial score (nSPS) is 18.9. The molecule has 3 atom stereocenters. The van der Waals surface area contributed by atoms with E-state index in [1.807, 2.05) is 6.07 Å². The zero-order valence-corrected chi connectivity index (χ0v) is 29.4. The third-order valence-corrected chi connectivity index (χ3v) is 8.45. The molecule has 2 N–H and O–H groups in total. The largest absolute Gasteiger partial charge is 0.468 e. The lowest BCUT2D eigenvalue weighted by atomic mass is 9.77. The van der Waals surface area contributed by atoms with Crippen LogP contribution in [-0.2, 0) is 44.8 Å². The third kappa shape index (κ3) is 10.9. The smallest absolute Gasteiger partial charge is 0.410 e. The number of likely N-dealkylation sites (tertiary alicyclic amines) is 1. The summed E-state index contributed by atoms with van der Waals surface area (Å²) in [6.45, 7) is 10.1. The average molecular weight is 676 g/mol. The summed E-state index contributed by atoms with van der Waals surface area (Å²) >= 11 is 0. The molecule has 1 saturated carbocycles. The van der Waals surface area contributed by atoms with E-state index in [2.05, 4.69) is 5.32 Å². The first-order valence-electron chi connectivity index (χ1n) is 16.7. The Morgan fingerprint density at radius 3 is 2.15 bits per heavy atom. The molecule has 13 nitrogen and oxygen atoms in total. The van der Waals surface area contributed by atoms with Gasteiger partial charge in [-0.2, -0.15) is 0 Å². The molecule has 1 aliphatic carbocycles. The number of aliphatic hydroxyl groups is 1. The van der Waals surface area contributed by atoms with Gasteiger partial charge in [0.15, 0.2) is 6.04 Å². The Morgan fingerprint density at radius 2 is 1.58 bits per heavy atom. The number of benzene rings is 1. The molecule has 268 valence electrons. The van der Waals surface area contributed by atoms with E-state index >= 15 is 0 Å².